The zero-order valence-electron chi connectivity index (χ0n) is 16.6. The van der Waals surface area contributed by atoms with Crippen molar-refractivity contribution >= 4 is 17.5 Å². The van der Waals surface area contributed by atoms with Gasteiger partial charge in [-0.25, -0.2) is 0 Å². The summed E-state index contributed by atoms with van der Waals surface area (Å²) in [7, 11) is 0. The Hall–Kier alpha value is -2.83. The summed E-state index contributed by atoms with van der Waals surface area (Å²) in [6.45, 7) is 10.0. The number of carbonyl (C=O) groups excluding carboxylic acids is 2. The summed E-state index contributed by atoms with van der Waals surface area (Å²) < 4.78 is 4.96. The average molecular weight is 382 g/mol. The van der Waals surface area contributed by atoms with Gasteiger partial charge in [0.05, 0.1) is 5.92 Å². The average Bonchev–Trinajstić information content (AvgIpc) is 3.09. The molecular formula is C21H26N4O3. The van der Waals surface area contributed by atoms with E-state index in [2.05, 4.69) is 42.1 Å². The number of anilines is 1. The minimum atomic E-state index is -0.166. The van der Waals surface area contributed by atoms with Crippen LogP contribution in [0.3, 0.4) is 0 Å². The molecule has 0 spiro atoms. The van der Waals surface area contributed by atoms with Crippen LogP contribution in [0.2, 0.25) is 0 Å². The molecule has 3 heterocycles. The first-order valence-corrected chi connectivity index (χ1v) is 9.76. The lowest BCUT2D eigenvalue weighted by atomic mass is 9.97. The third-order valence-electron chi connectivity index (χ3n) is 5.66. The molecule has 148 valence electrons. The van der Waals surface area contributed by atoms with Gasteiger partial charge in [-0.15, -0.1) is 0 Å². The van der Waals surface area contributed by atoms with Crippen LogP contribution in [0.5, 0.6) is 0 Å². The molecule has 7 heteroatoms. The Morgan fingerprint density at radius 3 is 2.36 bits per heavy atom. The number of hydrogen-bond donors (Lipinski definition) is 0. The molecule has 2 fully saturated rings. The van der Waals surface area contributed by atoms with Crippen LogP contribution in [0.25, 0.3) is 0 Å². The normalized spacial score (nSPS) is 17.6. The van der Waals surface area contributed by atoms with Crippen molar-refractivity contribution in [2.75, 3.05) is 44.2 Å². The molecule has 0 saturated carbocycles. The van der Waals surface area contributed by atoms with Crippen LogP contribution in [-0.4, -0.2) is 66.0 Å². The maximum atomic E-state index is 12.8. The van der Waals surface area contributed by atoms with Crippen molar-refractivity contribution in [1.29, 1.82) is 0 Å². The van der Waals surface area contributed by atoms with Crippen LogP contribution < -0.4 is 4.90 Å². The summed E-state index contributed by atoms with van der Waals surface area (Å²) in [6, 6.07) is 8.12. The van der Waals surface area contributed by atoms with Gasteiger partial charge in [-0.05, 0) is 38.0 Å². The molecule has 2 saturated heterocycles. The van der Waals surface area contributed by atoms with Crippen LogP contribution in [0.15, 0.2) is 28.8 Å². The van der Waals surface area contributed by atoms with E-state index < -0.39 is 0 Å². The van der Waals surface area contributed by atoms with Gasteiger partial charge in [0.15, 0.2) is 5.69 Å². The lowest BCUT2D eigenvalue weighted by Crippen LogP contribution is -2.59. The van der Waals surface area contributed by atoms with Crippen molar-refractivity contribution in [3.8, 4) is 0 Å². The number of nitrogens with zero attached hydrogens (tertiary/aromatic N) is 4. The molecule has 4 rings (SSSR count). The van der Waals surface area contributed by atoms with Gasteiger partial charge >= 0.3 is 0 Å². The summed E-state index contributed by atoms with van der Waals surface area (Å²) in [5.41, 5.74) is 4.09. The molecule has 0 atom stereocenters. The molecule has 1 aromatic carbocycles. The first-order valence-electron chi connectivity index (χ1n) is 9.76. The Morgan fingerprint density at radius 1 is 1.00 bits per heavy atom. The summed E-state index contributed by atoms with van der Waals surface area (Å²) in [5.74, 6) is 0.490. The number of rotatable bonds is 3. The van der Waals surface area contributed by atoms with Gasteiger partial charge in [0, 0.05) is 51.0 Å². The molecule has 28 heavy (non-hydrogen) atoms. The van der Waals surface area contributed by atoms with E-state index in [0.29, 0.717) is 24.5 Å². The van der Waals surface area contributed by atoms with E-state index in [9.17, 15) is 9.59 Å². The Bertz CT molecular complexity index is 893. The largest absolute Gasteiger partial charge is 0.368 e. The highest BCUT2D eigenvalue weighted by Crippen LogP contribution is 2.25. The predicted octanol–water partition coefficient (Wildman–Crippen LogP) is 2.02. The molecule has 0 unspecified atom stereocenters. The number of carbonyl (C=O) groups is 2. The van der Waals surface area contributed by atoms with Gasteiger partial charge in [0.25, 0.3) is 5.91 Å². The molecule has 0 aliphatic carbocycles. The second-order valence-corrected chi connectivity index (χ2v) is 7.83. The smallest absolute Gasteiger partial charge is 0.276 e. The molecule has 2 aliphatic rings. The maximum absolute atomic E-state index is 12.8. The fourth-order valence-corrected chi connectivity index (χ4v) is 3.92. The van der Waals surface area contributed by atoms with E-state index in [4.69, 9.17) is 4.52 Å². The van der Waals surface area contributed by atoms with E-state index in [0.717, 1.165) is 26.2 Å². The molecular weight excluding hydrogens is 356 g/mol. The minimum absolute atomic E-state index is 0.107. The monoisotopic (exact) mass is 382 g/mol. The second-order valence-electron chi connectivity index (χ2n) is 7.83. The Kier molecular flexibility index (Phi) is 4.83. The summed E-state index contributed by atoms with van der Waals surface area (Å²) in [5, 5.41) is 3.76. The van der Waals surface area contributed by atoms with Gasteiger partial charge in [-0.3, -0.25) is 9.59 Å². The number of benzene rings is 1. The van der Waals surface area contributed by atoms with Crippen LogP contribution in [0.4, 0.5) is 5.69 Å². The quantitative estimate of drug-likeness (QED) is 0.812. The van der Waals surface area contributed by atoms with Gasteiger partial charge < -0.3 is 19.2 Å². The van der Waals surface area contributed by atoms with E-state index in [1.54, 1.807) is 17.9 Å². The van der Waals surface area contributed by atoms with Crippen molar-refractivity contribution in [3.63, 3.8) is 0 Å². The molecule has 2 amide bonds. The third-order valence-corrected chi connectivity index (χ3v) is 5.66. The molecule has 2 aromatic rings. The van der Waals surface area contributed by atoms with Crippen LogP contribution in [0, 0.1) is 26.7 Å². The highest BCUT2D eigenvalue weighted by atomic mass is 16.5. The van der Waals surface area contributed by atoms with Gasteiger partial charge in [0.2, 0.25) is 5.91 Å². The first-order chi connectivity index (χ1) is 13.4. The molecule has 2 aliphatic heterocycles. The summed E-state index contributed by atoms with van der Waals surface area (Å²) >= 11 is 0. The molecule has 0 bridgehead atoms. The van der Waals surface area contributed by atoms with E-state index in [1.165, 1.54) is 16.8 Å². The second kappa shape index (κ2) is 7.30. The zero-order chi connectivity index (χ0) is 19.8. The van der Waals surface area contributed by atoms with Crippen LogP contribution in [-0.2, 0) is 4.79 Å². The lowest BCUT2D eigenvalue weighted by molar-refractivity contribution is -0.140. The van der Waals surface area contributed by atoms with E-state index in [-0.39, 0.29) is 17.7 Å². The molecule has 0 radical (unpaired) electrons. The highest BCUT2D eigenvalue weighted by molar-refractivity contribution is 5.94. The Labute approximate surface area is 164 Å². The predicted molar refractivity (Wildman–Crippen MR) is 105 cm³/mol. The van der Waals surface area contributed by atoms with Crippen molar-refractivity contribution < 1.29 is 14.1 Å². The molecule has 1 aromatic heterocycles. The van der Waals surface area contributed by atoms with Crippen molar-refractivity contribution in [2.45, 2.75) is 20.8 Å². The standard InChI is InChI=1S/C21H26N4O3/c1-14-4-5-15(2)19(10-14)23-6-8-24(9-7-23)20(26)17-12-25(13-17)21(27)18-11-16(3)28-22-18/h4-5,10-11,17H,6-9,12-13H2,1-3H3. The van der Waals surface area contributed by atoms with E-state index >= 15 is 0 Å². The number of amides is 2. The zero-order valence-corrected chi connectivity index (χ0v) is 16.6. The fraction of sp³-hybridized carbons (Fsp3) is 0.476. The maximum Gasteiger partial charge on any atom is 0.276 e. The number of aryl methyl sites for hydroxylation is 3. The van der Waals surface area contributed by atoms with Crippen molar-refractivity contribution in [3.05, 3.63) is 46.8 Å². The van der Waals surface area contributed by atoms with Gasteiger partial charge in [0.1, 0.15) is 5.76 Å². The number of hydrogen-bond acceptors (Lipinski definition) is 5. The van der Waals surface area contributed by atoms with Crippen LogP contribution in [0.1, 0.15) is 27.4 Å². The van der Waals surface area contributed by atoms with Gasteiger partial charge in [-0.2, -0.15) is 0 Å². The van der Waals surface area contributed by atoms with Crippen LogP contribution >= 0.6 is 0 Å². The molecule has 7 nitrogen and oxygen atoms in total. The van der Waals surface area contributed by atoms with Gasteiger partial charge in [-0.1, -0.05) is 17.3 Å². The first kappa shape index (κ1) is 18.5. The third kappa shape index (κ3) is 3.48. The number of piperazine rings is 1. The van der Waals surface area contributed by atoms with Crippen molar-refractivity contribution in [2.24, 2.45) is 5.92 Å². The Morgan fingerprint density at radius 2 is 1.71 bits per heavy atom. The summed E-state index contributed by atoms with van der Waals surface area (Å²) in [6.07, 6.45) is 0. The van der Waals surface area contributed by atoms with Crippen molar-refractivity contribution in [1.82, 2.24) is 15.0 Å². The Balaban J connectivity index is 1.29. The topological polar surface area (TPSA) is 69.9 Å². The number of aromatic nitrogens is 1. The highest BCUT2D eigenvalue weighted by Gasteiger charge is 2.39. The summed E-state index contributed by atoms with van der Waals surface area (Å²) in [4.78, 5) is 31.1. The SMILES string of the molecule is Cc1ccc(C)c(N2CCN(C(=O)C3CN(C(=O)c4cc(C)on4)C3)CC2)c1. The molecule has 0 N–H and O–H groups in total. The lowest BCUT2D eigenvalue weighted by Gasteiger charge is -2.43. The number of likely N-dealkylation sites (tertiary alicyclic amines) is 1. The van der Waals surface area contributed by atoms with E-state index in [1.807, 2.05) is 4.90 Å². The minimum Gasteiger partial charge on any atom is -0.368 e. The fourth-order valence-electron chi connectivity index (χ4n) is 3.92.